The molecule has 3 nitrogen and oxygen atoms in total. The van der Waals surface area contributed by atoms with Crippen LogP contribution in [-0.4, -0.2) is 31.2 Å². The summed E-state index contributed by atoms with van der Waals surface area (Å²) in [4.78, 5) is 9.20. The first kappa shape index (κ1) is 12.4. The minimum atomic E-state index is 1.03. The maximum Gasteiger partial charge on any atom is 0.128 e. The molecule has 0 amide bonds. The van der Waals surface area contributed by atoms with Gasteiger partial charge in [0.05, 0.1) is 0 Å². The zero-order valence-electron chi connectivity index (χ0n) is 10.9. The zero-order valence-corrected chi connectivity index (χ0v) is 12.0. The lowest BCUT2D eigenvalue weighted by molar-refractivity contribution is 0.647. The predicted molar refractivity (Wildman–Crippen MR) is 84.4 cm³/mol. The van der Waals surface area contributed by atoms with Gasteiger partial charge in [0.1, 0.15) is 5.82 Å². The fourth-order valence-electron chi connectivity index (χ4n) is 2.42. The molecule has 1 saturated heterocycles. The fourth-order valence-corrected chi connectivity index (χ4v) is 2.61. The summed E-state index contributed by atoms with van der Waals surface area (Å²) in [5.74, 6) is 1.09. The number of benzene rings is 1. The van der Waals surface area contributed by atoms with E-state index in [0.29, 0.717) is 0 Å². The normalized spacial score (nSPS) is 15.6. The van der Waals surface area contributed by atoms with Gasteiger partial charge in [0.2, 0.25) is 0 Å². The maximum atomic E-state index is 4.42. The summed E-state index contributed by atoms with van der Waals surface area (Å²) < 4.78 is 0. The summed E-state index contributed by atoms with van der Waals surface area (Å²) in [5.41, 5.74) is 1.31. The first-order chi connectivity index (χ1) is 9.33. The van der Waals surface area contributed by atoms with Gasteiger partial charge in [-0.05, 0) is 29.6 Å². The molecule has 1 unspecified atom stereocenters. The first-order valence-electron chi connectivity index (χ1n) is 6.59. The van der Waals surface area contributed by atoms with Gasteiger partial charge in [-0.25, -0.2) is 4.98 Å². The highest BCUT2D eigenvalue weighted by atomic mass is 31.0. The van der Waals surface area contributed by atoms with E-state index in [1.165, 1.54) is 11.0 Å². The van der Waals surface area contributed by atoms with Crippen molar-refractivity contribution in [2.24, 2.45) is 0 Å². The molecule has 3 rings (SSSR count). The zero-order chi connectivity index (χ0) is 13.1. The molecule has 4 heteroatoms. The van der Waals surface area contributed by atoms with E-state index in [1.54, 1.807) is 0 Å². The molecule has 2 aromatic rings. The molecule has 0 spiro atoms. The van der Waals surface area contributed by atoms with Crippen LogP contribution in [-0.2, 0) is 0 Å². The molecule has 1 aliphatic rings. The summed E-state index contributed by atoms with van der Waals surface area (Å²) in [7, 11) is 2.73. The van der Waals surface area contributed by atoms with Crippen molar-refractivity contribution >= 4 is 26.0 Å². The largest absolute Gasteiger partial charge is 0.368 e. The van der Waals surface area contributed by atoms with Gasteiger partial charge >= 0.3 is 0 Å². The fraction of sp³-hybridized carbons (Fsp3) is 0.267. The van der Waals surface area contributed by atoms with E-state index in [2.05, 4.69) is 54.4 Å². The Hall–Kier alpha value is -1.60. The van der Waals surface area contributed by atoms with E-state index < -0.39 is 0 Å². The monoisotopic (exact) mass is 271 g/mol. The van der Waals surface area contributed by atoms with Crippen molar-refractivity contribution in [3.63, 3.8) is 0 Å². The van der Waals surface area contributed by atoms with Gasteiger partial charge in [-0.2, -0.15) is 0 Å². The third-order valence-electron chi connectivity index (χ3n) is 3.51. The van der Waals surface area contributed by atoms with Crippen molar-refractivity contribution in [1.29, 1.82) is 0 Å². The third-order valence-corrected chi connectivity index (χ3v) is 3.90. The first-order valence-corrected chi connectivity index (χ1v) is 7.17. The quantitative estimate of drug-likeness (QED) is 0.778. The van der Waals surface area contributed by atoms with E-state index in [4.69, 9.17) is 0 Å². The van der Waals surface area contributed by atoms with Crippen LogP contribution in [0.3, 0.4) is 0 Å². The molecule has 2 heterocycles. The lowest BCUT2D eigenvalue weighted by Gasteiger charge is -2.36. The molecular weight excluding hydrogens is 253 g/mol. The Bertz CT molecular complexity index is 519. The average molecular weight is 271 g/mol. The van der Waals surface area contributed by atoms with E-state index in [1.807, 2.05) is 18.3 Å². The van der Waals surface area contributed by atoms with Crippen LogP contribution in [0.15, 0.2) is 48.7 Å². The SMILES string of the molecule is Pc1ccc(N2CCN(c3ccccn3)CC2)cc1. The molecule has 0 bridgehead atoms. The van der Waals surface area contributed by atoms with Crippen molar-refractivity contribution in [3.05, 3.63) is 48.7 Å². The summed E-state index contributed by atoms with van der Waals surface area (Å²) in [6, 6.07) is 14.8. The summed E-state index contributed by atoms with van der Waals surface area (Å²) in [5, 5.41) is 1.23. The second kappa shape index (κ2) is 5.58. The van der Waals surface area contributed by atoms with E-state index in [-0.39, 0.29) is 0 Å². The molecule has 1 atom stereocenters. The highest BCUT2D eigenvalue weighted by Gasteiger charge is 2.17. The van der Waals surface area contributed by atoms with Gasteiger partial charge < -0.3 is 9.80 Å². The number of rotatable bonds is 2. The second-order valence-corrected chi connectivity index (χ2v) is 5.42. The minimum Gasteiger partial charge on any atom is -0.368 e. The number of hydrogen-bond acceptors (Lipinski definition) is 3. The molecule has 0 radical (unpaired) electrons. The van der Waals surface area contributed by atoms with E-state index in [9.17, 15) is 0 Å². The van der Waals surface area contributed by atoms with E-state index >= 15 is 0 Å². The Labute approximate surface area is 116 Å². The number of aromatic nitrogens is 1. The Morgan fingerprint density at radius 2 is 1.53 bits per heavy atom. The smallest absolute Gasteiger partial charge is 0.128 e. The van der Waals surface area contributed by atoms with Crippen molar-refractivity contribution in [1.82, 2.24) is 4.98 Å². The van der Waals surface area contributed by atoms with Crippen LogP contribution < -0.4 is 15.1 Å². The average Bonchev–Trinajstić information content (AvgIpc) is 2.49. The van der Waals surface area contributed by atoms with Crippen LogP contribution >= 0.6 is 9.24 Å². The van der Waals surface area contributed by atoms with Gasteiger partial charge in [-0.15, -0.1) is 9.24 Å². The summed E-state index contributed by atoms with van der Waals surface area (Å²) in [6.45, 7) is 4.15. The number of nitrogens with zero attached hydrogens (tertiary/aromatic N) is 3. The topological polar surface area (TPSA) is 19.4 Å². The van der Waals surface area contributed by atoms with Gasteiger partial charge in [-0.1, -0.05) is 18.2 Å². The van der Waals surface area contributed by atoms with Crippen LogP contribution in [0, 0.1) is 0 Å². The molecule has 98 valence electrons. The predicted octanol–water partition coefficient (Wildman–Crippen LogP) is 1.91. The van der Waals surface area contributed by atoms with Crippen molar-refractivity contribution in [2.75, 3.05) is 36.0 Å². The standard InChI is InChI=1S/C15H18N3P/c19-14-6-4-13(5-7-14)17-9-11-18(12-10-17)15-3-1-2-8-16-15/h1-8H,9-12,19H2. The lowest BCUT2D eigenvalue weighted by Crippen LogP contribution is -2.46. The third kappa shape index (κ3) is 2.87. The van der Waals surface area contributed by atoms with Crippen molar-refractivity contribution < 1.29 is 0 Å². The molecule has 1 aromatic carbocycles. The number of anilines is 2. The number of hydrogen-bond donors (Lipinski definition) is 0. The Balaban J connectivity index is 1.65. The van der Waals surface area contributed by atoms with Gasteiger partial charge in [0, 0.05) is 38.1 Å². The molecule has 0 N–H and O–H groups in total. The molecule has 0 aliphatic carbocycles. The van der Waals surface area contributed by atoms with Crippen LogP contribution in [0.4, 0.5) is 11.5 Å². The van der Waals surface area contributed by atoms with Gasteiger partial charge in [0.15, 0.2) is 0 Å². The molecular formula is C15H18N3P. The van der Waals surface area contributed by atoms with Crippen molar-refractivity contribution in [3.8, 4) is 0 Å². The van der Waals surface area contributed by atoms with Gasteiger partial charge in [-0.3, -0.25) is 0 Å². The van der Waals surface area contributed by atoms with Crippen LogP contribution in [0.5, 0.6) is 0 Å². The summed E-state index contributed by atoms with van der Waals surface area (Å²) >= 11 is 0. The Morgan fingerprint density at radius 3 is 2.16 bits per heavy atom. The van der Waals surface area contributed by atoms with Gasteiger partial charge in [0.25, 0.3) is 0 Å². The minimum absolute atomic E-state index is 1.03. The second-order valence-electron chi connectivity index (χ2n) is 4.75. The van der Waals surface area contributed by atoms with Crippen LogP contribution in [0.1, 0.15) is 0 Å². The number of piperazine rings is 1. The molecule has 0 saturated carbocycles. The van der Waals surface area contributed by atoms with Crippen LogP contribution in [0.25, 0.3) is 0 Å². The Kier molecular flexibility index (Phi) is 3.65. The maximum absolute atomic E-state index is 4.42. The lowest BCUT2D eigenvalue weighted by atomic mass is 10.2. The molecule has 1 aliphatic heterocycles. The molecule has 1 aromatic heterocycles. The Morgan fingerprint density at radius 1 is 0.842 bits per heavy atom. The van der Waals surface area contributed by atoms with Crippen molar-refractivity contribution in [2.45, 2.75) is 0 Å². The van der Waals surface area contributed by atoms with E-state index in [0.717, 1.165) is 32.0 Å². The summed E-state index contributed by atoms with van der Waals surface area (Å²) in [6.07, 6.45) is 1.86. The molecule has 19 heavy (non-hydrogen) atoms. The molecule has 1 fully saturated rings. The van der Waals surface area contributed by atoms with Crippen LogP contribution in [0.2, 0.25) is 0 Å². The highest BCUT2D eigenvalue weighted by molar-refractivity contribution is 7.27. The highest BCUT2D eigenvalue weighted by Crippen LogP contribution is 2.18. The number of pyridine rings is 1.